The van der Waals surface area contributed by atoms with E-state index in [1.54, 1.807) is 44.2 Å². The van der Waals surface area contributed by atoms with E-state index in [0.29, 0.717) is 29.3 Å². The van der Waals surface area contributed by atoms with Gasteiger partial charge in [0.05, 0.1) is 23.7 Å². The lowest BCUT2D eigenvalue weighted by atomic mass is 10.1. The Bertz CT molecular complexity index is 1100. The highest BCUT2D eigenvalue weighted by Crippen LogP contribution is 2.35. The quantitative estimate of drug-likeness (QED) is 0.674. The van der Waals surface area contributed by atoms with Crippen LogP contribution in [0.2, 0.25) is 0 Å². The van der Waals surface area contributed by atoms with Crippen molar-refractivity contribution in [2.75, 3.05) is 30.8 Å². The number of ether oxygens (including phenoxy) is 2. The molecule has 0 saturated heterocycles. The SMILES string of the molecule is CCOc1ccc(NC(=O)CN(C)S(=O)(=O)c2cc3c(cc2C)NC(=O)[C@@H](C)O3)cc1. The first-order valence-electron chi connectivity index (χ1n) is 9.73. The van der Waals surface area contributed by atoms with Crippen molar-refractivity contribution in [3.63, 3.8) is 0 Å². The van der Waals surface area contributed by atoms with Gasteiger partial charge in [-0.1, -0.05) is 0 Å². The molecule has 2 N–H and O–H groups in total. The van der Waals surface area contributed by atoms with Gasteiger partial charge in [0.2, 0.25) is 15.9 Å². The smallest absolute Gasteiger partial charge is 0.265 e. The molecule has 0 aliphatic carbocycles. The standard InChI is InChI=1S/C21H25N3O6S/c1-5-29-16-8-6-15(7-9-16)22-20(25)12-24(4)31(27,28)19-11-18-17(10-13(19)2)23-21(26)14(3)30-18/h6-11,14H,5,12H2,1-4H3,(H,22,25)(H,23,26)/t14-/m1/s1. The zero-order valence-electron chi connectivity index (χ0n) is 17.8. The molecule has 1 aliphatic rings. The highest BCUT2D eigenvalue weighted by molar-refractivity contribution is 7.89. The van der Waals surface area contributed by atoms with Crippen molar-refractivity contribution >= 4 is 33.2 Å². The molecular weight excluding hydrogens is 422 g/mol. The van der Waals surface area contributed by atoms with Crippen molar-refractivity contribution in [3.05, 3.63) is 42.0 Å². The van der Waals surface area contributed by atoms with Crippen LogP contribution in [0.25, 0.3) is 0 Å². The zero-order valence-corrected chi connectivity index (χ0v) is 18.6. The number of nitrogens with one attached hydrogen (secondary N) is 2. The second-order valence-corrected chi connectivity index (χ2v) is 9.14. The molecule has 0 aromatic heterocycles. The number of benzene rings is 2. The van der Waals surface area contributed by atoms with Gasteiger partial charge >= 0.3 is 0 Å². The van der Waals surface area contributed by atoms with Crippen molar-refractivity contribution in [1.82, 2.24) is 4.31 Å². The Morgan fingerprint density at radius 2 is 1.94 bits per heavy atom. The molecule has 3 rings (SSSR count). The van der Waals surface area contributed by atoms with E-state index in [1.165, 1.54) is 13.1 Å². The van der Waals surface area contributed by atoms with Gasteiger partial charge in [-0.05, 0) is 56.7 Å². The van der Waals surface area contributed by atoms with Crippen molar-refractivity contribution < 1.29 is 27.5 Å². The summed E-state index contributed by atoms with van der Waals surface area (Å²) in [5.41, 5.74) is 1.37. The van der Waals surface area contributed by atoms with Gasteiger partial charge in [-0.15, -0.1) is 0 Å². The first-order chi connectivity index (χ1) is 14.6. The molecular formula is C21H25N3O6S. The predicted octanol–water partition coefficient (Wildman–Crippen LogP) is 2.37. The number of carbonyl (C=O) groups excluding carboxylic acids is 2. The van der Waals surface area contributed by atoms with E-state index in [0.717, 1.165) is 4.31 Å². The Morgan fingerprint density at radius 3 is 2.58 bits per heavy atom. The number of sulfonamides is 1. The van der Waals surface area contributed by atoms with Crippen molar-refractivity contribution in [1.29, 1.82) is 0 Å². The summed E-state index contributed by atoms with van der Waals surface area (Å²) in [6, 6.07) is 9.71. The molecule has 0 saturated carbocycles. The summed E-state index contributed by atoms with van der Waals surface area (Å²) < 4.78 is 38.0. The first-order valence-corrected chi connectivity index (χ1v) is 11.2. The number of nitrogens with zero attached hydrogens (tertiary/aromatic N) is 1. The largest absolute Gasteiger partial charge is 0.494 e. The molecule has 0 bridgehead atoms. The molecule has 0 unspecified atom stereocenters. The minimum absolute atomic E-state index is 0.00552. The van der Waals surface area contributed by atoms with Crippen LogP contribution in [-0.2, 0) is 19.6 Å². The molecule has 2 aromatic rings. The Morgan fingerprint density at radius 1 is 1.26 bits per heavy atom. The van der Waals surface area contributed by atoms with Crippen LogP contribution < -0.4 is 20.1 Å². The lowest BCUT2D eigenvalue weighted by Gasteiger charge is -2.25. The van der Waals surface area contributed by atoms with Gasteiger partial charge in [0.25, 0.3) is 5.91 Å². The fourth-order valence-electron chi connectivity index (χ4n) is 3.08. The van der Waals surface area contributed by atoms with Crippen LogP contribution in [0.3, 0.4) is 0 Å². The minimum Gasteiger partial charge on any atom is -0.494 e. The highest BCUT2D eigenvalue weighted by atomic mass is 32.2. The van der Waals surface area contributed by atoms with Crippen LogP contribution in [-0.4, -0.2) is 50.8 Å². The Balaban J connectivity index is 1.73. The van der Waals surface area contributed by atoms with Crippen LogP contribution in [0.1, 0.15) is 19.4 Å². The van der Waals surface area contributed by atoms with Crippen molar-refractivity contribution in [3.8, 4) is 11.5 Å². The first kappa shape index (κ1) is 22.6. The van der Waals surface area contributed by atoms with Crippen LogP contribution in [0.15, 0.2) is 41.3 Å². The second kappa shape index (κ2) is 8.94. The molecule has 9 nitrogen and oxygen atoms in total. The Labute approximate surface area is 181 Å². The summed E-state index contributed by atoms with van der Waals surface area (Å²) in [5.74, 6) is 0.160. The molecule has 10 heteroatoms. The fourth-order valence-corrected chi connectivity index (χ4v) is 4.42. The van der Waals surface area contributed by atoms with E-state index in [4.69, 9.17) is 9.47 Å². The molecule has 0 spiro atoms. The van der Waals surface area contributed by atoms with E-state index >= 15 is 0 Å². The van der Waals surface area contributed by atoms with Gasteiger partial charge < -0.3 is 20.1 Å². The van der Waals surface area contributed by atoms with Gasteiger partial charge in [-0.2, -0.15) is 4.31 Å². The third-order valence-electron chi connectivity index (χ3n) is 4.71. The molecule has 0 fully saturated rings. The van der Waals surface area contributed by atoms with Crippen LogP contribution in [0.5, 0.6) is 11.5 Å². The molecule has 2 amide bonds. The lowest BCUT2D eigenvalue weighted by molar-refractivity contribution is -0.122. The minimum atomic E-state index is -3.98. The monoisotopic (exact) mass is 447 g/mol. The van der Waals surface area contributed by atoms with E-state index in [9.17, 15) is 18.0 Å². The molecule has 2 aromatic carbocycles. The molecule has 1 aliphatic heterocycles. The van der Waals surface area contributed by atoms with Gasteiger partial charge in [0.1, 0.15) is 11.5 Å². The number of rotatable bonds is 7. The van der Waals surface area contributed by atoms with Crippen LogP contribution >= 0.6 is 0 Å². The van der Waals surface area contributed by atoms with E-state index in [2.05, 4.69) is 10.6 Å². The zero-order chi connectivity index (χ0) is 22.8. The van der Waals surface area contributed by atoms with Crippen molar-refractivity contribution in [2.24, 2.45) is 0 Å². The number of carbonyl (C=O) groups is 2. The predicted molar refractivity (Wildman–Crippen MR) is 116 cm³/mol. The maximum absolute atomic E-state index is 13.1. The lowest BCUT2D eigenvalue weighted by Crippen LogP contribution is -2.36. The van der Waals surface area contributed by atoms with Crippen LogP contribution in [0.4, 0.5) is 11.4 Å². The summed E-state index contributed by atoms with van der Waals surface area (Å²) in [7, 11) is -2.65. The normalized spacial score (nSPS) is 15.6. The van der Waals surface area contributed by atoms with Crippen molar-refractivity contribution in [2.45, 2.75) is 31.8 Å². The van der Waals surface area contributed by atoms with E-state index in [1.807, 2.05) is 6.92 Å². The van der Waals surface area contributed by atoms with Gasteiger partial charge in [-0.3, -0.25) is 9.59 Å². The average molecular weight is 448 g/mol. The van der Waals surface area contributed by atoms with Crippen LogP contribution in [0, 0.1) is 6.92 Å². The summed E-state index contributed by atoms with van der Waals surface area (Å²) >= 11 is 0. The molecule has 166 valence electrons. The van der Waals surface area contributed by atoms with Gasteiger partial charge in [0.15, 0.2) is 6.10 Å². The third-order valence-corrected chi connectivity index (χ3v) is 6.66. The second-order valence-electron chi connectivity index (χ2n) is 7.13. The third kappa shape index (κ3) is 4.97. The fraction of sp³-hybridized carbons (Fsp3) is 0.333. The number of aryl methyl sites for hydroxylation is 1. The summed E-state index contributed by atoms with van der Waals surface area (Å²) in [6.07, 6.45) is -0.733. The number of amides is 2. The molecule has 0 radical (unpaired) electrons. The molecule has 1 atom stereocenters. The maximum Gasteiger partial charge on any atom is 0.265 e. The summed E-state index contributed by atoms with van der Waals surface area (Å²) in [5, 5.41) is 5.35. The molecule has 31 heavy (non-hydrogen) atoms. The Kier molecular flexibility index (Phi) is 6.51. The van der Waals surface area contributed by atoms with Gasteiger partial charge in [-0.25, -0.2) is 8.42 Å². The number of likely N-dealkylation sites (N-methyl/N-ethyl adjacent to an activating group) is 1. The number of anilines is 2. The summed E-state index contributed by atoms with van der Waals surface area (Å²) in [6.45, 7) is 5.22. The number of hydrogen-bond donors (Lipinski definition) is 2. The highest BCUT2D eigenvalue weighted by Gasteiger charge is 2.30. The van der Waals surface area contributed by atoms with E-state index in [-0.39, 0.29) is 23.1 Å². The number of hydrogen-bond acceptors (Lipinski definition) is 6. The topological polar surface area (TPSA) is 114 Å². The maximum atomic E-state index is 13.1. The average Bonchev–Trinajstić information content (AvgIpc) is 2.70. The summed E-state index contributed by atoms with van der Waals surface area (Å²) in [4.78, 5) is 24.2. The Hall–Kier alpha value is -3.11. The van der Waals surface area contributed by atoms with E-state index < -0.39 is 22.0 Å². The molecule has 1 heterocycles. The number of fused-ring (bicyclic) bond motifs is 1. The van der Waals surface area contributed by atoms with Gasteiger partial charge in [0, 0.05) is 18.8 Å².